The van der Waals surface area contributed by atoms with Gasteiger partial charge < -0.3 is 10.1 Å². The molecule has 0 aliphatic carbocycles. The molecule has 0 saturated carbocycles. The van der Waals surface area contributed by atoms with Crippen LogP contribution in [0.2, 0.25) is 0 Å². The van der Waals surface area contributed by atoms with E-state index in [1.165, 1.54) is 0 Å². The second kappa shape index (κ2) is 6.46. The molecule has 0 aliphatic rings. The molecule has 0 unspecified atom stereocenters. The Bertz CT molecular complexity index is 878. The first-order valence-corrected chi connectivity index (χ1v) is 7.27. The van der Waals surface area contributed by atoms with E-state index in [4.69, 9.17) is 10.00 Å². The maximum atomic E-state index is 9.17. The van der Waals surface area contributed by atoms with Gasteiger partial charge in [0.2, 0.25) is 0 Å². The summed E-state index contributed by atoms with van der Waals surface area (Å²) in [6, 6.07) is 7.82. The molecule has 3 rings (SSSR count). The average molecular weight is 307 g/mol. The number of pyridine rings is 1. The molecule has 0 radical (unpaired) electrons. The SMILES string of the molecule is COCCNc1ncc(-c2cnn(C)c2)c2ccc(C#N)cc12. The normalized spacial score (nSPS) is 10.7. The van der Waals surface area contributed by atoms with E-state index in [0.29, 0.717) is 18.7 Å². The van der Waals surface area contributed by atoms with Crippen molar-refractivity contribution < 1.29 is 4.74 Å². The van der Waals surface area contributed by atoms with Crippen molar-refractivity contribution in [1.29, 1.82) is 5.26 Å². The Labute approximate surface area is 134 Å². The quantitative estimate of drug-likeness (QED) is 0.733. The van der Waals surface area contributed by atoms with Crippen molar-refractivity contribution in [2.45, 2.75) is 0 Å². The predicted molar refractivity (Wildman–Crippen MR) is 89.0 cm³/mol. The van der Waals surface area contributed by atoms with E-state index < -0.39 is 0 Å². The number of ether oxygens (including phenoxy) is 1. The lowest BCUT2D eigenvalue weighted by Gasteiger charge is -2.11. The molecule has 6 heteroatoms. The third-order valence-corrected chi connectivity index (χ3v) is 3.63. The largest absolute Gasteiger partial charge is 0.383 e. The number of aromatic nitrogens is 3. The molecule has 2 heterocycles. The summed E-state index contributed by atoms with van der Waals surface area (Å²) in [5, 5.41) is 18.6. The molecular weight excluding hydrogens is 290 g/mol. The van der Waals surface area contributed by atoms with E-state index >= 15 is 0 Å². The molecule has 3 aromatic rings. The standard InChI is InChI=1S/C17H17N5O/c1-22-11-13(9-21-22)16-10-20-17(19-5-6-23-2)15-7-12(8-18)3-4-14(15)16/h3-4,7,9-11H,5-6H2,1-2H3,(H,19,20). The molecule has 1 aromatic carbocycles. The number of hydrogen-bond donors (Lipinski definition) is 1. The van der Waals surface area contributed by atoms with Crippen LogP contribution in [0.4, 0.5) is 5.82 Å². The average Bonchev–Trinajstić information content (AvgIpc) is 3.01. The summed E-state index contributed by atoms with van der Waals surface area (Å²) in [5.41, 5.74) is 2.60. The fourth-order valence-electron chi connectivity index (χ4n) is 2.52. The fourth-order valence-corrected chi connectivity index (χ4v) is 2.52. The number of nitriles is 1. The first kappa shape index (κ1) is 15.0. The Morgan fingerprint density at radius 3 is 2.87 bits per heavy atom. The van der Waals surface area contributed by atoms with Gasteiger partial charge in [0.1, 0.15) is 5.82 Å². The molecule has 0 bridgehead atoms. The van der Waals surface area contributed by atoms with Gasteiger partial charge in [-0.25, -0.2) is 4.98 Å². The molecular formula is C17H17N5O. The molecule has 6 nitrogen and oxygen atoms in total. The van der Waals surface area contributed by atoms with E-state index in [2.05, 4.69) is 21.5 Å². The molecule has 2 aromatic heterocycles. The second-order valence-corrected chi connectivity index (χ2v) is 5.21. The minimum absolute atomic E-state index is 0.589. The van der Waals surface area contributed by atoms with Crippen LogP contribution in [0.25, 0.3) is 21.9 Å². The van der Waals surface area contributed by atoms with Gasteiger partial charge in [0.15, 0.2) is 0 Å². The van der Waals surface area contributed by atoms with Gasteiger partial charge in [-0.15, -0.1) is 0 Å². The summed E-state index contributed by atoms with van der Waals surface area (Å²) in [6.45, 7) is 1.24. The zero-order valence-electron chi connectivity index (χ0n) is 13.1. The number of fused-ring (bicyclic) bond motifs is 1. The number of methoxy groups -OCH3 is 1. The highest BCUT2D eigenvalue weighted by atomic mass is 16.5. The highest BCUT2D eigenvalue weighted by molar-refractivity contribution is 6.02. The minimum Gasteiger partial charge on any atom is -0.383 e. The van der Waals surface area contributed by atoms with Crippen LogP contribution in [-0.2, 0) is 11.8 Å². The van der Waals surface area contributed by atoms with Crippen molar-refractivity contribution in [2.24, 2.45) is 7.05 Å². The summed E-state index contributed by atoms with van der Waals surface area (Å²) >= 11 is 0. The van der Waals surface area contributed by atoms with E-state index in [-0.39, 0.29) is 0 Å². The van der Waals surface area contributed by atoms with Crippen molar-refractivity contribution >= 4 is 16.6 Å². The maximum Gasteiger partial charge on any atom is 0.133 e. The van der Waals surface area contributed by atoms with Gasteiger partial charge >= 0.3 is 0 Å². The number of benzene rings is 1. The second-order valence-electron chi connectivity index (χ2n) is 5.21. The van der Waals surface area contributed by atoms with Gasteiger partial charge in [-0.3, -0.25) is 4.68 Å². The first-order chi connectivity index (χ1) is 11.2. The van der Waals surface area contributed by atoms with Gasteiger partial charge in [-0.2, -0.15) is 10.4 Å². The van der Waals surface area contributed by atoms with Gasteiger partial charge in [-0.05, 0) is 17.5 Å². The molecule has 0 spiro atoms. The van der Waals surface area contributed by atoms with Crippen LogP contribution in [0.15, 0.2) is 36.8 Å². The topological polar surface area (TPSA) is 75.8 Å². The summed E-state index contributed by atoms with van der Waals surface area (Å²) in [5.74, 6) is 0.752. The number of rotatable bonds is 5. The van der Waals surface area contributed by atoms with E-state index in [1.54, 1.807) is 11.8 Å². The summed E-state index contributed by atoms with van der Waals surface area (Å²) in [7, 11) is 3.54. The molecule has 0 saturated heterocycles. The van der Waals surface area contributed by atoms with Crippen LogP contribution in [0.1, 0.15) is 5.56 Å². The Hall–Kier alpha value is -2.91. The Morgan fingerprint density at radius 2 is 2.17 bits per heavy atom. The molecule has 0 amide bonds. The maximum absolute atomic E-state index is 9.17. The van der Waals surface area contributed by atoms with E-state index in [1.807, 2.05) is 43.8 Å². The molecule has 0 aliphatic heterocycles. The Balaban J connectivity index is 2.13. The van der Waals surface area contributed by atoms with Gasteiger partial charge in [-0.1, -0.05) is 6.07 Å². The number of aryl methyl sites for hydroxylation is 1. The third-order valence-electron chi connectivity index (χ3n) is 3.63. The summed E-state index contributed by atoms with van der Waals surface area (Å²) in [6.07, 6.45) is 5.60. The lowest BCUT2D eigenvalue weighted by molar-refractivity contribution is 0.210. The molecule has 0 fully saturated rings. The first-order valence-electron chi connectivity index (χ1n) is 7.27. The molecule has 1 N–H and O–H groups in total. The molecule has 0 atom stereocenters. The van der Waals surface area contributed by atoms with Crippen LogP contribution in [-0.4, -0.2) is 35.0 Å². The Kier molecular flexibility index (Phi) is 4.22. The van der Waals surface area contributed by atoms with Crippen LogP contribution < -0.4 is 5.32 Å². The van der Waals surface area contributed by atoms with E-state index in [0.717, 1.165) is 27.7 Å². The third kappa shape index (κ3) is 3.00. The van der Waals surface area contributed by atoms with Gasteiger partial charge in [0, 0.05) is 49.6 Å². The van der Waals surface area contributed by atoms with Crippen LogP contribution in [0, 0.1) is 11.3 Å². The molecule has 116 valence electrons. The minimum atomic E-state index is 0.589. The monoisotopic (exact) mass is 307 g/mol. The van der Waals surface area contributed by atoms with Crippen LogP contribution >= 0.6 is 0 Å². The van der Waals surface area contributed by atoms with Crippen molar-refractivity contribution in [1.82, 2.24) is 14.8 Å². The Morgan fingerprint density at radius 1 is 1.30 bits per heavy atom. The molecule has 23 heavy (non-hydrogen) atoms. The smallest absolute Gasteiger partial charge is 0.133 e. The van der Waals surface area contributed by atoms with Crippen molar-refractivity contribution in [3.8, 4) is 17.2 Å². The van der Waals surface area contributed by atoms with Gasteiger partial charge in [0.25, 0.3) is 0 Å². The summed E-state index contributed by atoms with van der Waals surface area (Å²) in [4.78, 5) is 4.53. The lowest BCUT2D eigenvalue weighted by atomic mass is 10.0. The van der Waals surface area contributed by atoms with E-state index in [9.17, 15) is 0 Å². The lowest BCUT2D eigenvalue weighted by Crippen LogP contribution is -2.09. The van der Waals surface area contributed by atoms with Crippen molar-refractivity contribution in [3.05, 3.63) is 42.4 Å². The van der Waals surface area contributed by atoms with Crippen molar-refractivity contribution in [2.75, 3.05) is 25.6 Å². The zero-order valence-corrected chi connectivity index (χ0v) is 13.1. The number of hydrogen-bond acceptors (Lipinski definition) is 5. The number of nitrogens with zero attached hydrogens (tertiary/aromatic N) is 4. The zero-order chi connectivity index (χ0) is 16.2. The highest BCUT2D eigenvalue weighted by Gasteiger charge is 2.11. The summed E-state index contributed by atoms with van der Waals surface area (Å²) < 4.78 is 6.82. The van der Waals surface area contributed by atoms with Gasteiger partial charge in [0.05, 0.1) is 24.4 Å². The highest BCUT2D eigenvalue weighted by Crippen LogP contribution is 2.32. The predicted octanol–water partition coefficient (Wildman–Crippen LogP) is 2.57. The fraction of sp³-hybridized carbons (Fsp3) is 0.235. The number of nitrogens with one attached hydrogen (secondary N) is 1. The van der Waals surface area contributed by atoms with Crippen LogP contribution in [0.3, 0.4) is 0 Å². The van der Waals surface area contributed by atoms with Crippen molar-refractivity contribution in [3.63, 3.8) is 0 Å². The van der Waals surface area contributed by atoms with Crippen LogP contribution in [0.5, 0.6) is 0 Å². The number of anilines is 1.